The number of alkyl halides is 1. The van der Waals surface area contributed by atoms with Crippen LogP contribution in [0.4, 0.5) is 13.2 Å². The number of rotatable bonds is 19. The molecule has 20 nitrogen and oxygen atoms in total. The van der Waals surface area contributed by atoms with Crippen molar-refractivity contribution in [1.29, 1.82) is 0 Å². The maximum atomic E-state index is 13.8. The lowest BCUT2D eigenvalue weighted by Crippen LogP contribution is -2.23. The quantitative estimate of drug-likeness (QED) is 0.0336. The average molecular weight is 1160 g/mol. The van der Waals surface area contributed by atoms with Crippen LogP contribution < -0.4 is 44.3 Å². The Hall–Kier alpha value is -8.90. The molecule has 2 aromatic carbocycles. The number of halogens is 4. The topological polar surface area (TPSA) is 241 Å². The van der Waals surface area contributed by atoms with Crippen LogP contribution in [0.25, 0.3) is 33.1 Å². The summed E-state index contributed by atoms with van der Waals surface area (Å²) >= 11 is 5.50. The number of nitrogens with zero attached hydrogens (tertiary/aromatic N) is 7. The van der Waals surface area contributed by atoms with Gasteiger partial charge >= 0.3 is 0 Å². The van der Waals surface area contributed by atoms with E-state index >= 15 is 0 Å². The zero-order chi connectivity index (χ0) is 59.1. The number of H-pyrrole nitrogens is 1. The van der Waals surface area contributed by atoms with E-state index in [4.69, 9.17) is 60.1 Å². The van der Waals surface area contributed by atoms with Gasteiger partial charge in [0.15, 0.2) is 0 Å². The number of fused-ring (bicyclic) bond motifs is 6. The van der Waals surface area contributed by atoms with E-state index in [0.29, 0.717) is 108 Å². The zero-order valence-electron chi connectivity index (χ0n) is 45.5. The van der Waals surface area contributed by atoms with Gasteiger partial charge in [-0.15, -0.1) is 11.6 Å². The van der Waals surface area contributed by atoms with Crippen molar-refractivity contribution in [2.24, 2.45) is 0 Å². The van der Waals surface area contributed by atoms with Gasteiger partial charge in [-0.05, 0) is 110 Å². The summed E-state index contributed by atoms with van der Waals surface area (Å²) in [6, 6.07) is 29.2. The lowest BCUT2D eigenvalue weighted by Gasteiger charge is -2.13. The SMILES string of the molecule is COc1ccc(F)nc1.COc1ccc(OCCCCl)nc1.COc1ccc(OCCCO)nc1.COc1ccc(OCCCn2c(=O)c3cccn3c3ccc(F)cc32)nc1.O=c1[nH]c2cc(F)ccc2n2cccc12.OCCCO. The second kappa shape index (κ2) is 35.0. The Morgan fingerprint density at radius 3 is 1.43 bits per heavy atom. The zero-order valence-corrected chi connectivity index (χ0v) is 46.3. The molecule has 0 radical (unpaired) electrons. The highest BCUT2D eigenvalue weighted by Gasteiger charge is 2.12. The molecule has 0 saturated heterocycles. The fourth-order valence-electron chi connectivity index (χ4n) is 7.08. The second-order valence-electron chi connectivity index (χ2n) is 16.7. The molecular weight excluding hydrogens is 1090 g/mol. The monoisotopic (exact) mass is 1160 g/mol. The van der Waals surface area contributed by atoms with E-state index < -0.39 is 5.95 Å². The number of ether oxygens (including phenoxy) is 7. The predicted octanol–water partition coefficient (Wildman–Crippen LogP) is 8.73. The molecule has 0 aliphatic heterocycles. The molecule has 0 aliphatic rings. The number of aliphatic hydroxyl groups excluding tert-OH is 3. The highest BCUT2D eigenvalue weighted by atomic mass is 35.5. The molecule has 82 heavy (non-hydrogen) atoms. The standard InChI is InChI=1S/C20H18FN3O3.C11H7FN2O.C9H12ClNO2.C9H13NO3.C6H6FNO.C3H8O2/c1-26-15-6-8-19(22-13-15)27-11-3-10-24-18-12-14(21)5-7-16(18)23-9-2-4-17(23)20(24)25;12-7-3-4-9-8(6-7)13-11(15)10-2-1-5-14(9)10;1-12-8-3-4-9(11-7-8)13-6-2-5-10;1-12-8-3-4-9(10-7-8)13-6-2-5-11;1-9-5-2-3-6(7)8-4-5;4-2-1-3-5/h2,4-9,12-13H,3,10-11H2,1H3;1-6H,(H,13,15);3-4,7H,2,5-6H2,1H3;3-4,7,11H,2,5-6H2,1H3;2-4H,1H3;4-5H,1-3H2. The van der Waals surface area contributed by atoms with Gasteiger partial charge in [-0.25, -0.2) is 28.7 Å². The number of aliphatic hydroxyl groups is 3. The van der Waals surface area contributed by atoms with Gasteiger partial charge < -0.3 is 66.8 Å². The Morgan fingerprint density at radius 2 is 0.963 bits per heavy atom. The molecule has 0 unspecified atom stereocenters. The fraction of sp³-hybridized carbons (Fsp3) is 0.276. The number of hydrogen-bond acceptors (Lipinski definition) is 16. The summed E-state index contributed by atoms with van der Waals surface area (Å²) in [5.74, 6) is 3.68. The van der Waals surface area contributed by atoms with Crippen LogP contribution in [-0.2, 0) is 6.54 Å². The number of aromatic amines is 1. The molecule has 0 bridgehead atoms. The normalized spacial score (nSPS) is 10.3. The highest BCUT2D eigenvalue weighted by molar-refractivity contribution is 6.17. The molecule has 0 amide bonds. The van der Waals surface area contributed by atoms with E-state index in [2.05, 4.69) is 24.9 Å². The summed E-state index contributed by atoms with van der Waals surface area (Å²) in [7, 11) is 6.27. The molecular formula is C58H64ClF3N8O12. The van der Waals surface area contributed by atoms with Crippen LogP contribution in [-0.4, -0.2) is 128 Å². The first-order chi connectivity index (χ1) is 39.9. The molecule has 436 valence electrons. The molecule has 24 heteroatoms. The van der Waals surface area contributed by atoms with Crippen LogP contribution in [0.3, 0.4) is 0 Å². The first-order valence-electron chi connectivity index (χ1n) is 25.4. The molecule has 10 rings (SSSR count). The van der Waals surface area contributed by atoms with Crippen molar-refractivity contribution in [2.45, 2.75) is 32.2 Å². The Kier molecular flexibility index (Phi) is 27.3. The highest BCUT2D eigenvalue weighted by Crippen LogP contribution is 2.19. The van der Waals surface area contributed by atoms with Crippen LogP contribution in [0.1, 0.15) is 25.7 Å². The van der Waals surface area contributed by atoms with Gasteiger partial charge in [0.25, 0.3) is 11.1 Å². The molecule has 0 saturated carbocycles. The van der Waals surface area contributed by atoms with Crippen molar-refractivity contribution in [3.8, 4) is 40.6 Å². The van der Waals surface area contributed by atoms with Gasteiger partial charge in [-0.3, -0.25) is 9.59 Å². The molecule has 0 fully saturated rings. The van der Waals surface area contributed by atoms with Crippen LogP contribution in [0.2, 0.25) is 0 Å². The second-order valence-corrected chi connectivity index (χ2v) is 17.1. The molecule has 4 N–H and O–H groups in total. The minimum Gasteiger partial charge on any atom is -0.495 e. The summed E-state index contributed by atoms with van der Waals surface area (Å²) < 4.78 is 79.7. The fourth-order valence-corrected chi connectivity index (χ4v) is 7.19. The van der Waals surface area contributed by atoms with Gasteiger partial charge in [0.05, 0.1) is 95.1 Å². The van der Waals surface area contributed by atoms with Gasteiger partial charge in [-0.2, -0.15) is 4.39 Å². The molecule has 0 spiro atoms. The van der Waals surface area contributed by atoms with Crippen molar-refractivity contribution < 1.29 is 61.6 Å². The number of aryl methyl sites for hydroxylation is 1. The number of hydrogen-bond donors (Lipinski definition) is 4. The summed E-state index contributed by atoms with van der Waals surface area (Å²) in [6.07, 6.45) is 12.2. The smallest absolute Gasteiger partial charge is 0.275 e. The maximum absolute atomic E-state index is 13.8. The number of methoxy groups -OCH3 is 4. The lowest BCUT2D eigenvalue weighted by molar-refractivity contribution is 0.221. The van der Waals surface area contributed by atoms with Crippen LogP contribution in [0.5, 0.6) is 40.6 Å². The number of benzene rings is 2. The van der Waals surface area contributed by atoms with Gasteiger partial charge in [0.2, 0.25) is 23.6 Å². The van der Waals surface area contributed by atoms with E-state index in [1.54, 1.807) is 126 Å². The predicted molar refractivity (Wildman–Crippen MR) is 305 cm³/mol. The minimum absolute atomic E-state index is 0.0938. The Balaban J connectivity index is 0.000000194. The van der Waals surface area contributed by atoms with Crippen molar-refractivity contribution in [1.82, 2.24) is 38.3 Å². The molecule has 10 aromatic rings. The number of nitrogens with one attached hydrogen (secondary N) is 1. The van der Waals surface area contributed by atoms with E-state index in [1.807, 2.05) is 12.1 Å². The largest absolute Gasteiger partial charge is 0.495 e. The van der Waals surface area contributed by atoms with E-state index in [-0.39, 0.29) is 42.6 Å². The van der Waals surface area contributed by atoms with Crippen molar-refractivity contribution in [2.75, 3.05) is 74.0 Å². The third-order valence-corrected chi connectivity index (χ3v) is 11.4. The molecule has 0 aliphatic carbocycles. The van der Waals surface area contributed by atoms with Crippen LogP contribution >= 0.6 is 11.6 Å². The average Bonchev–Trinajstić information content (AvgIpc) is 4.13. The summed E-state index contributed by atoms with van der Waals surface area (Å²) in [5.41, 5.74) is 3.40. The molecule has 8 aromatic heterocycles. The maximum Gasteiger partial charge on any atom is 0.275 e. The van der Waals surface area contributed by atoms with E-state index in [9.17, 15) is 22.8 Å². The van der Waals surface area contributed by atoms with E-state index in [0.717, 1.165) is 23.2 Å². The minimum atomic E-state index is -0.490. The Bertz CT molecular complexity index is 3500. The Labute approximate surface area is 474 Å². The Morgan fingerprint density at radius 1 is 0.500 bits per heavy atom. The molecule has 0 atom stereocenters. The van der Waals surface area contributed by atoms with Crippen LogP contribution in [0.15, 0.2) is 156 Å². The summed E-state index contributed by atoms with van der Waals surface area (Å²) in [5, 5.41) is 24.3. The van der Waals surface area contributed by atoms with Crippen molar-refractivity contribution in [3.05, 3.63) is 185 Å². The van der Waals surface area contributed by atoms with Crippen molar-refractivity contribution in [3.63, 3.8) is 0 Å². The number of pyridine rings is 4. The van der Waals surface area contributed by atoms with Gasteiger partial charge in [0.1, 0.15) is 45.7 Å². The van der Waals surface area contributed by atoms with E-state index in [1.165, 1.54) is 49.7 Å². The van der Waals surface area contributed by atoms with Crippen LogP contribution in [0, 0.1) is 17.6 Å². The number of aromatic nitrogens is 8. The van der Waals surface area contributed by atoms with Gasteiger partial charge in [0, 0.05) is 69.3 Å². The third kappa shape index (κ3) is 20.0. The summed E-state index contributed by atoms with van der Waals surface area (Å²) in [6.45, 7) is 2.20. The molecule has 8 heterocycles. The first-order valence-corrected chi connectivity index (χ1v) is 25.9. The van der Waals surface area contributed by atoms with Crippen molar-refractivity contribution >= 4 is 44.7 Å². The third-order valence-electron chi connectivity index (χ3n) is 11.1. The summed E-state index contributed by atoms with van der Waals surface area (Å²) in [4.78, 5) is 42.5. The first kappa shape index (κ1) is 63.9. The van der Waals surface area contributed by atoms with Gasteiger partial charge in [-0.1, -0.05) is 0 Å². The lowest BCUT2D eigenvalue weighted by atomic mass is 10.2.